The van der Waals surface area contributed by atoms with E-state index in [0.717, 1.165) is 27.6 Å². The fourth-order valence-electron chi connectivity index (χ4n) is 2.68. The molecule has 0 fully saturated rings. The normalized spacial score (nSPS) is 10.9. The van der Waals surface area contributed by atoms with Crippen molar-refractivity contribution in [3.8, 4) is 27.7 Å². The minimum Gasteiger partial charge on any atom is -0.497 e. The van der Waals surface area contributed by atoms with Crippen LogP contribution in [-0.2, 0) is 5.75 Å². The molecular formula is C20H19N5OS2. The molecule has 0 saturated carbocycles. The number of benzene rings is 2. The quantitative estimate of drug-likeness (QED) is 0.376. The van der Waals surface area contributed by atoms with E-state index in [2.05, 4.69) is 15.6 Å². The number of aromatic nitrogens is 4. The monoisotopic (exact) mass is 409 g/mol. The van der Waals surface area contributed by atoms with Crippen molar-refractivity contribution in [2.24, 2.45) is 0 Å². The molecule has 6 nitrogen and oxygen atoms in total. The van der Waals surface area contributed by atoms with Crippen LogP contribution in [0.2, 0.25) is 0 Å². The number of nitrogens with two attached hydrogens (primary N) is 1. The van der Waals surface area contributed by atoms with Crippen LogP contribution in [0.5, 0.6) is 5.75 Å². The average Bonchev–Trinajstić information content (AvgIpc) is 3.34. The summed E-state index contributed by atoms with van der Waals surface area (Å²) in [6.07, 6.45) is 0. The van der Waals surface area contributed by atoms with Crippen LogP contribution in [0.25, 0.3) is 22.0 Å². The Morgan fingerprint density at radius 2 is 1.93 bits per heavy atom. The lowest BCUT2D eigenvalue weighted by Gasteiger charge is -2.03. The Bertz CT molecular complexity index is 1090. The number of aryl methyl sites for hydroxylation is 1. The van der Waals surface area contributed by atoms with Gasteiger partial charge in [0.1, 0.15) is 10.8 Å². The minimum absolute atomic E-state index is 0.651. The topological polar surface area (TPSA) is 78.9 Å². The smallest absolute Gasteiger partial charge is 0.210 e. The zero-order valence-corrected chi connectivity index (χ0v) is 17.1. The van der Waals surface area contributed by atoms with Gasteiger partial charge in [0.25, 0.3) is 0 Å². The maximum absolute atomic E-state index is 6.20. The second-order valence-electron chi connectivity index (χ2n) is 6.21. The molecule has 2 heterocycles. The highest BCUT2D eigenvalue weighted by Gasteiger charge is 2.13. The molecule has 0 unspecified atom stereocenters. The Morgan fingerprint density at radius 1 is 1.11 bits per heavy atom. The summed E-state index contributed by atoms with van der Waals surface area (Å²) >= 11 is 3.13. The minimum atomic E-state index is 0.651. The molecule has 0 saturated heterocycles. The van der Waals surface area contributed by atoms with E-state index >= 15 is 0 Å². The van der Waals surface area contributed by atoms with Gasteiger partial charge in [0.05, 0.1) is 12.8 Å². The number of nitrogens with zero attached hydrogens (tertiary/aromatic N) is 4. The van der Waals surface area contributed by atoms with Crippen LogP contribution in [0.1, 0.15) is 11.3 Å². The zero-order valence-electron chi connectivity index (χ0n) is 15.5. The molecule has 0 aliphatic carbocycles. The van der Waals surface area contributed by atoms with Crippen molar-refractivity contribution in [1.82, 2.24) is 19.9 Å². The van der Waals surface area contributed by atoms with E-state index in [1.807, 2.05) is 55.5 Å². The molecule has 0 bridgehead atoms. The first-order valence-electron chi connectivity index (χ1n) is 8.63. The molecule has 2 aromatic carbocycles. The van der Waals surface area contributed by atoms with E-state index in [1.54, 1.807) is 18.4 Å². The van der Waals surface area contributed by atoms with E-state index in [4.69, 9.17) is 15.6 Å². The predicted molar refractivity (Wildman–Crippen MR) is 114 cm³/mol. The summed E-state index contributed by atoms with van der Waals surface area (Å²) in [6, 6.07) is 16.0. The Balaban J connectivity index is 1.47. The van der Waals surface area contributed by atoms with E-state index in [-0.39, 0.29) is 0 Å². The first kappa shape index (κ1) is 18.5. The maximum Gasteiger partial charge on any atom is 0.210 e. The van der Waals surface area contributed by atoms with E-state index in [1.165, 1.54) is 22.0 Å². The zero-order chi connectivity index (χ0) is 19.5. The molecule has 4 aromatic rings. The molecule has 2 N–H and O–H groups in total. The number of hydrogen-bond donors (Lipinski definition) is 1. The van der Waals surface area contributed by atoms with E-state index in [0.29, 0.717) is 16.7 Å². The molecule has 0 aliphatic rings. The van der Waals surface area contributed by atoms with Crippen LogP contribution in [0, 0.1) is 6.92 Å². The second-order valence-corrected chi connectivity index (χ2v) is 8.01. The Kier molecular flexibility index (Phi) is 5.31. The van der Waals surface area contributed by atoms with Crippen molar-refractivity contribution in [2.45, 2.75) is 17.8 Å². The lowest BCUT2D eigenvalue weighted by Crippen LogP contribution is -2.11. The highest BCUT2D eigenvalue weighted by molar-refractivity contribution is 7.98. The summed E-state index contributed by atoms with van der Waals surface area (Å²) in [5.41, 5.74) is 4.16. The molecule has 142 valence electrons. The van der Waals surface area contributed by atoms with Gasteiger partial charge in [0.15, 0.2) is 5.82 Å². The van der Waals surface area contributed by atoms with Crippen LogP contribution in [-0.4, -0.2) is 27.0 Å². The fourth-order valence-corrected chi connectivity index (χ4v) is 4.35. The highest BCUT2D eigenvalue weighted by Crippen LogP contribution is 2.30. The summed E-state index contributed by atoms with van der Waals surface area (Å²) in [5, 5.41) is 12.1. The van der Waals surface area contributed by atoms with Crippen molar-refractivity contribution >= 4 is 23.1 Å². The van der Waals surface area contributed by atoms with Gasteiger partial charge in [-0.2, -0.15) is 0 Å². The van der Waals surface area contributed by atoms with E-state index < -0.39 is 0 Å². The molecule has 28 heavy (non-hydrogen) atoms. The van der Waals surface area contributed by atoms with Crippen molar-refractivity contribution in [3.05, 3.63) is 65.2 Å². The Labute approximate surface area is 171 Å². The summed E-state index contributed by atoms with van der Waals surface area (Å²) in [7, 11) is 1.66. The van der Waals surface area contributed by atoms with Gasteiger partial charge < -0.3 is 10.6 Å². The number of rotatable bonds is 6. The lowest BCUT2D eigenvalue weighted by atomic mass is 10.1. The van der Waals surface area contributed by atoms with Crippen LogP contribution in [0.15, 0.2) is 59.1 Å². The number of methoxy groups -OCH3 is 1. The highest BCUT2D eigenvalue weighted by atomic mass is 32.2. The third-order valence-corrected chi connectivity index (χ3v) is 6.11. The van der Waals surface area contributed by atoms with Crippen molar-refractivity contribution in [3.63, 3.8) is 0 Å². The molecule has 4 rings (SSSR count). The number of hydrogen-bond acceptors (Lipinski definition) is 7. The number of thioether (sulfide) groups is 1. The molecule has 0 spiro atoms. The standard InChI is InChI=1S/C20H19N5OS2/c1-13-6-8-14(9-7-13)18-23-24-20(25(18)21)28-12-16-11-27-19(22-16)15-4-3-5-17(10-15)26-2/h3-11H,12,21H2,1-2H3. The van der Waals surface area contributed by atoms with Gasteiger partial charge in [-0.3, -0.25) is 0 Å². The van der Waals surface area contributed by atoms with Gasteiger partial charge >= 0.3 is 0 Å². The fraction of sp³-hybridized carbons (Fsp3) is 0.150. The number of thiazole rings is 1. The Hall–Kier alpha value is -2.84. The molecular weight excluding hydrogens is 390 g/mol. The van der Waals surface area contributed by atoms with Gasteiger partial charge in [-0.25, -0.2) is 9.66 Å². The SMILES string of the molecule is COc1cccc(-c2nc(CSc3nnc(-c4ccc(C)cc4)n3N)cs2)c1. The van der Waals surface area contributed by atoms with Crippen LogP contribution in [0.4, 0.5) is 0 Å². The largest absolute Gasteiger partial charge is 0.497 e. The molecule has 0 radical (unpaired) electrons. The summed E-state index contributed by atoms with van der Waals surface area (Å²) in [5.74, 6) is 8.35. The molecule has 0 atom stereocenters. The summed E-state index contributed by atoms with van der Waals surface area (Å²) in [4.78, 5) is 4.72. The third kappa shape index (κ3) is 3.88. The molecule has 2 aromatic heterocycles. The van der Waals surface area contributed by atoms with Gasteiger partial charge in [0.2, 0.25) is 5.16 Å². The summed E-state index contributed by atoms with van der Waals surface area (Å²) in [6.45, 7) is 2.05. The maximum atomic E-state index is 6.20. The van der Waals surface area contributed by atoms with Gasteiger partial charge in [-0.1, -0.05) is 53.7 Å². The van der Waals surface area contributed by atoms with Crippen LogP contribution >= 0.6 is 23.1 Å². The first-order valence-corrected chi connectivity index (χ1v) is 10.5. The number of ether oxygens (including phenoxy) is 1. The van der Waals surface area contributed by atoms with Gasteiger partial charge in [-0.05, 0) is 19.1 Å². The second kappa shape index (κ2) is 8.04. The predicted octanol–water partition coefficient (Wildman–Crippen LogP) is 4.39. The third-order valence-electron chi connectivity index (χ3n) is 4.19. The van der Waals surface area contributed by atoms with Gasteiger partial charge in [-0.15, -0.1) is 21.5 Å². The van der Waals surface area contributed by atoms with E-state index in [9.17, 15) is 0 Å². The molecule has 8 heteroatoms. The number of nitrogen functional groups attached to an aromatic ring is 1. The van der Waals surface area contributed by atoms with Crippen LogP contribution < -0.4 is 10.6 Å². The van der Waals surface area contributed by atoms with Gasteiger partial charge in [0, 0.05) is 22.3 Å². The summed E-state index contributed by atoms with van der Waals surface area (Å²) < 4.78 is 6.82. The Morgan fingerprint density at radius 3 is 2.71 bits per heavy atom. The molecule has 0 amide bonds. The lowest BCUT2D eigenvalue weighted by molar-refractivity contribution is 0.415. The van der Waals surface area contributed by atoms with Crippen LogP contribution in [0.3, 0.4) is 0 Å². The molecule has 0 aliphatic heterocycles. The average molecular weight is 410 g/mol. The van der Waals surface area contributed by atoms with Crippen molar-refractivity contribution in [1.29, 1.82) is 0 Å². The first-order chi connectivity index (χ1) is 13.6. The van der Waals surface area contributed by atoms with Crippen molar-refractivity contribution < 1.29 is 4.74 Å². The van der Waals surface area contributed by atoms with Crippen molar-refractivity contribution in [2.75, 3.05) is 13.0 Å².